The van der Waals surface area contributed by atoms with E-state index in [2.05, 4.69) is 37.7 Å². The lowest BCUT2D eigenvalue weighted by molar-refractivity contribution is 0.351. The van der Waals surface area contributed by atoms with E-state index < -0.39 is 0 Å². The van der Waals surface area contributed by atoms with Gasteiger partial charge in [0.2, 0.25) is 0 Å². The van der Waals surface area contributed by atoms with Crippen LogP contribution in [0, 0.1) is 5.82 Å². The van der Waals surface area contributed by atoms with Gasteiger partial charge in [0.1, 0.15) is 11.6 Å². The maximum Gasteiger partial charge on any atom is 0.126 e. The largest absolute Gasteiger partial charge is 0.367 e. The highest BCUT2D eigenvalue weighted by molar-refractivity contribution is 6.33. The number of aromatic nitrogens is 4. The van der Waals surface area contributed by atoms with Crippen LogP contribution in [0.3, 0.4) is 0 Å². The fraction of sp³-hybridized carbons (Fsp3) is 0.258. The van der Waals surface area contributed by atoms with E-state index in [1.165, 1.54) is 6.07 Å². The first kappa shape index (κ1) is 25.5. The number of nitrogens with zero attached hydrogens (tertiary/aromatic N) is 4. The molecule has 1 aliphatic carbocycles. The van der Waals surface area contributed by atoms with Crippen molar-refractivity contribution in [2.75, 3.05) is 5.32 Å². The molecule has 8 heteroatoms. The molecule has 6 rings (SSSR count). The lowest BCUT2D eigenvalue weighted by Gasteiger charge is -2.30. The number of nitrogens with one attached hydrogen (secondary N) is 2. The Bertz CT molecular complexity index is 1560. The number of benzene rings is 2. The van der Waals surface area contributed by atoms with Crippen LogP contribution in [0.1, 0.15) is 36.9 Å². The SMILES string of the molecule is Fc1cccc(Cn2cnc3ccc(-c4cc(NC5CCC(NCc6ccccn6)CC5)ncc4Cl)cc32)c1. The third kappa shape index (κ3) is 6.10. The second-order valence-corrected chi connectivity index (χ2v) is 10.6. The fourth-order valence-corrected chi connectivity index (χ4v) is 5.54. The summed E-state index contributed by atoms with van der Waals surface area (Å²) in [5, 5.41) is 7.87. The van der Waals surface area contributed by atoms with Gasteiger partial charge in [-0.15, -0.1) is 0 Å². The molecule has 1 aliphatic rings. The molecule has 198 valence electrons. The summed E-state index contributed by atoms with van der Waals surface area (Å²) in [6.07, 6.45) is 9.71. The van der Waals surface area contributed by atoms with Gasteiger partial charge in [-0.3, -0.25) is 4.98 Å². The van der Waals surface area contributed by atoms with Crippen molar-refractivity contribution in [2.45, 2.75) is 50.9 Å². The number of rotatable bonds is 8. The van der Waals surface area contributed by atoms with Crippen LogP contribution in [-0.2, 0) is 13.1 Å². The zero-order valence-electron chi connectivity index (χ0n) is 21.5. The number of hydrogen-bond donors (Lipinski definition) is 2. The number of hydrogen-bond acceptors (Lipinski definition) is 5. The van der Waals surface area contributed by atoms with Crippen molar-refractivity contribution in [1.29, 1.82) is 0 Å². The first-order chi connectivity index (χ1) is 19.1. The number of anilines is 1. The van der Waals surface area contributed by atoms with E-state index in [0.29, 0.717) is 23.7 Å². The Morgan fingerprint density at radius 2 is 1.77 bits per heavy atom. The van der Waals surface area contributed by atoms with E-state index in [0.717, 1.165) is 71.5 Å². The van der Waals surface area contributed by atoms with Gasteiger partial charge in [-0.25, -0.2) is 14.4 Å². The Morgan fingerprint density at radius 3 is 2.59 bits per heavy atom. The Morgan fingerprint density at radius 1 is 0.897 bits per heavy atom. The van der Waals surface area contributed by atoms with Crippen LogP contribution in [0.4, 0.5) is 10.2 Å². The molecule has 0 atom stereocenters. The second-order valence-electron chi connectivity index (χ2n) is 10.2. The van der Waals surface area contributed by atoms with Gasteiger partial charge < -0.3 is 15.2 Å². The molecule has 0 unspecified atom stereocenters. The number of fused-ring (bicyclic) bond motifs is 1. The van der Waals surface area contributed by atoms with Crippen LogP contribution in [-0.4, -0.2) is 31.6 Å². The van der Waals surface area contributed by atoms with Crippen LogP contribution in [0.5, 0.6) is 0 Å². The molecule has 3 heterocycles. The van der Waals surface area contributed by atoms with Crippen LogP contribution in [0.25, 0.3) is 22.2 Å². The lowest BCUT2D eigenvalue weighted by atomic mass is 9.91. The minimum atomic E-state index is -0.240. The van der Waals surface area contributed by atoms with Gasteiger partial charge >= 0.3 is 0 Å². The fourth-order valence-electron chi connectivity index (χ4n) is 5.32. The number of halogens is 2. The third-order valence-electron chi connectivity index (χ3n) is 7.41. The standard InChI is InChI=1S/C31H30ClFN6/c32-28-18-36-31(38-25-10-8-24(9-11-25)35-17-26-6-1-2-13-34-26)16-27(28)22-7-12-29-30(15-22)39(20-37-29)19-21-4-3-5-23(33)14-21/h1-7,12-16,18,20,24-25,35H,8-11,17,19H2,(H,36,38). The minimum Gasteiger partial charge on any atom is -0.367 e. The molecular formula is C31H30ClFN6. The van der Waals surface area contributed by atoms with Crippen molar-refractivity contribution in [1.82, 2.24) is 24.8 Å². The first-order valence-corrected chi connectivity index (χ1v) is 13.7. The van der Waals surface area contributed by atoms with Crippen molar-refractivity contribution >= 4 is 28.5 Å². The van der Waals surface area contributed by atoms with Gasteiger partial charge in [0.15, 0.2) is 0 Å². The van der Waals surface area contributed by atoms with Crippen molar-refractivity contribution in [3.8, 4) is 11.1 Å². The summed E-state index contributed by atoms with van der Waals surface area (Å²) in [6, 6.07) is 21.7. The average Bonchev–Trinajstić information content (AvgIpc) is 3.36. The number of pyridine rings is 2. The van der Waals surface area contributed by atoms with E-state index >= 15 is 0 Å². The summed E-state index contributed by atoms with van der Waals surface area (Å²) < 4.78 is 15.7. The van der Waals surface area contributed by atoms with E-state index in [9.17, 15) is 4.39 Å². The average molecular weight is 541 g/mol. The molecule has 0 aliphatic heterocycles. The van der Waals surface area contributed by atoms with Crippen LogP contribution >= 0.6 is 11.6 Å². The molecule has 1 saturated carbocycles. The highest BCUT2D eigenvalue weighted by Gasteiger charge is 2.21. The zero-order chi connectivity index (χ0) is 26.6. The molecule has 1 fully saturated rings. The topological polar surface area (TPSA) is 67.7 Å². The van der Waals surface area contributed by atoms with Crippen molar-refractivity contribution in [3.05, 3.63) is 108 Å². The van der Waals surface area contributed by atoms with Crippen LogP contribution in [0.2, 0.25) is 5.02 Å². The zero-order valence-corrected chi connectivity index (χ0v) is 22.3. The molecule has 0 bridgehead atoms. The predicted octanol–water partition coefficient (Wildman–Crippen LogP) is 6.85. The molecule has 3 aromatic heterocycles. The van der Waals surface area contributed by atoms with Crippen LogP contribution < -0.4 is 10.6 Å². The quantitative estimate of drug-likeness (QED) is 0.225. The Hall–Kier alpha value is -3.81. The van der Waals surface area contributed by atoms with Gasteiger partial charge in [0.25, 0.3) is 0 Å². The highest BCUT2D eigenvalue weighted by Crippen LogP contribution is 2.32. The summed E-state index contributed by atoms with van der Waals surface area (Å²) in [6.45, 7) is 1.34. The molecule has 5 aromatic rings. The van der Waals surface area contributed by atoms with Crippen molar-refractivity contribution in [2.24, 2.45) is 0 Å². The Balaban J connectivity index is 1.13. The molecule has 0 saturated heterocycles. The molecule has 6 nitrogen and oxygen atoms in total. The van der Waals surface area contributed by atoms with Gasteiger partial charge in [-0.1, -0.05) is 35.9 Å². The summed E-state index contributed by atoms with van der Waals surface area (Å²) >= 11 is 6.62. The van der Waals surface area contributed by atoms with Gasteiger partial charge in [0, 0.05) is 43.1 Å². The van der Waals surface area contributed by atoms with Gasteiger partial charge in [-0.05, 0) is 79.3 Å². The summed E-state index contributed by atoms with van der Waals surface area (Å²) in [7, 11) is 0. The molecule has 0 radical (unpaired) electrons. The van der Waals surface area contributed by atoms with E-state index in [1.807, 2.05) is 47.2 Å². The first-order valence-electron chi connectivity index (χ1n) is 13.4. The van der Waals surface area contributed by atoms with Gasteiger partial charge in [-0.2, -0.15) is 0 Å². The highest BCUT2D eigenvalue weighted by atomic mass is 35.5. The summed E-state index contributed by atoms with van der Waals surface area (Å²) in [5.74, 6) is 0.586. The van der Waals surface area contributed by atoms with Crippen molar-refractivity contribution < 1.29 is 4.39 Å². The Labute approximate surface area is 232 Å². The van der Waals surface area contributed by atoms with E-state index in [1.54, 1.807) is 24.7 Å². The smallest absolute Gasteiger partial charge is 0.126 e. The second kappa shape index (κ2) is 11.5. The maximum atomic E-state index is 13.7. The molecule has 39 heavy (non-hydrogen) atoms. The lowest BCUT2D eigenvalue weighted by Crippen LogP contribution is -2.36. The maximum absolute atomic E-state index is 13.7. The summed E-state index contributed by atoms with van der Waals surface area (Å²) in [5.41, 5.74) is 5.71. The van der Waals surface area contributed by atoms with Crippen LogP contribution in [0.15, 0.2) is 85.5 Å². The third-order valence-corrected chi connectivity index (χ3v) is 7.71. The minimum absolute atomic E-state index is 0.240. The summed E-state index contributed by atoms with van der Waals surface area (Å²) in [4.78, 5) is 13.5. The normalized spacial score (nSPS) is 17.4. The van der Waals surface area contributed by atoms with Gasteiger partial charge in [0.05, 0.1) is 28.1 Å². The molecule has 2 N–H and O–H groups in total. The van der Waals surface area contributed by atoms with Crippen molar-refractivity contribution in [3.63, 3.8) is 0 Å². The molecule has 0 amide bonds. The predicted molar refractivity (Wildman–Crippen MR) is 154 cm³/mol. The number of imidazole rings is 1. The van der Waals surface area contributed by atoms with E-state index in [-0.39, 0.29) is 5.82 Å². The van der Waals surface area contributed by atoms with E-state index in [4.69, 9.17) is 11.6 Å². The monoisotopic (exact) mass is 540 g/mol. The molecular weight excluding hydrogens is 511 g/mol. The Kier molecular flexibility index (Phi) is 7.52. The molecule has 0 spiro atoms. The molecule has 2 aromatic carbocycles.